The number of carbonyl (C=O) groups excluding carboxylic acids is 1. The SMILES string of the molecule is CSCCC(NC(=O)C1CCCCC1CN)C(=O)O. The molecule has 3 atom stereocenters. The predicted molar refractivity (Wildman–Crippen MR) is 77.1 cm³/mol. The summed E-state index contributed by atoms with van der Waals surface area (Å²) in [5.74, 6) is -0.285. The van der Waals surface area contributed by atoms with Crippen molar-refractivity contribution in [2.24, 2.45) is 17.6 Å². The third kappa shape index (κ3) is 5.03. The largest absolute Gasteiger partial charge is 0.480 e. The lowest BCUT2D eigenvalue weighted by molar-refractivity contribution is -0.143. The van der Waals surface area contributed by atoms with E-state index in [1.807, 2.05) is 6.26 Å². The predicted octanol–water partition coefficient (Wildman–Crippen LogP) is 1.07. The average Bonchev–Trinajstić information content (AvgIpc) is 2.42. The van der Waals surface area contributed by atoms with Gasteiger partial charge in [0.15, 0.2) is 0 Å². The van der Waals surface area contributed by atoms with Gasteiger partial charge >= 0.3 is 5.97 Å². The first-order valence-electron chi connectivity index (χ1n) is 6.82. The molecular formula is C13H24N2O3S. The zero-order valence-corrected chi connectivity index (χ0v) is 12.2. The van der Waals surface area contributed by atoms with Crippen LogP contribution < -0.4 is 11.1 Å². The number of nitrogens with two attached hydrogens (primary N) is 1. The van der Waals surface area contributed by atoms with Crippen molar-refractivity contribution in [3.05, 3.63) is 0 Å². The summed E-state index contributed by atoms with van der Waals surface area (Å²) in [6, 6.07) is -0.777. The summed E-state index contributed by atoms with van der Waals surface area (Å²) >= 11 is 1.58. The minimum absolute atomic E-state index is 0.116. The fourth-order valence-corrected chi connectivity index (χ4v) is 3.08. The summed E-state index contributed by atoms with van der Waals surface area (Å²) in [5.41, 5.74) is 5.70. The summed E-state index contributed by atoms with van der Waals surface area (Å²) in [6.07, 6.45) is 6.31. The van der Waals surface area contributed by atoms with Crippen molar-refractivity contribution >= 4 is 23.6 Å². The maximum atomic E-state index is 12.2. The molecule has 1 fully saturated rings. The zero-order chi connectivity index (χ0) is 14.3. The molecule has 1 saturated carbocycles. The summed E-state index contributed by atoms with van der Waals surface area (Å²) < 4.78 is 0. The van der Waals surface area contributed by atoms with Crippen LogP contribution >= 0.6 is 11.8 Å². The molecule has 0 spiro atoms. The van der Waals surface area contributed by atoms with E-state index in [0.717, 1.165) is 31.4 Å². The summed E-state index contributed by atoms with van der Waals surface area (Å²) in [4.78, 5) is 23.3. The summed E-state index contributed by atoms with van der Waals surface area (Å²) in [6.45, 7) is 0.501. The van der Waals surface area contributed by atoms with Gasteiger partial charge in [-0.05, 0) is 43.7 Å². The molecular weight excluding hydrogens is 264 g/mol. The average molecular weight is 288 g/mol. The normalized spacial score (nSPS) is 24.7. The maximum Gasteiger partial charge on any atom is 0.326 e. The second-order valence-electron chi connectivity index (χ2n) is 5.07. The zero-order valence-electron chi connectivity index (χ0n) is 11.4. The van der Waals surface area contributed by atoms with Crippen molar-refractivity contribution in [1.29, 1.82) is 0 Å². The molecule has 0 aromatic rings. The quantitative estimate of drug-likeness (QED) is 0.652. The molecule has 6 heteroatoms. The molecule has 1 aliphatic carbocycles. The van der Waals surface area contributed by atoms with E-state index in [-0.39, 0.29) is 17.7 Å². The molecule has 19 heavy (non-hydrogen) atoms. The van der Waals surface area contributed by atoms with Gasteiger partial charge in [-0.2, -0.15) is 11.8 Å². The van der Waals surface area contributed by atoms with Crippen molar-refractivity contribution in [1.82, 2.24) is 5.32 Å². The second-order valence-corrected chi connectivity index (χ2v) is 6.05. The smallest absolute Gasteiger partial charge is 0.326 e. The van der Waals surface area contributed by atoms with Gasteiger partial charge in [-0.25, -0.2) is 4.79 Å². The number of thioether (sulfide) groups is 1. The van der Waals surface area contributed by atoms with Gasteiger partial charge in [0.2, 0.25) is 5.91 Å². The second kappa shape index (κ2) is 8.43. The fourth-order valence-electron chi connectivity index (χ4n) is 2.61. The highest BCUT2D eigenvalue weighted by Gasteiger charge is 2.32. The maximum absolute atomic E-state index is 12.2. The van der Waals surface area contributed by atoms with Crippen LogP contribution in [0.5, 0.6) is 0 Å². The standard InChI is InChI=1S/C13H24N2O3S/c1-19-7-6-11(13(17)18)15-12(16)10-5-3-2-4-9(10)8-14/h9-11H,2-8,14H2,1H3,(H,15,16)(H,17,18). The number of amides is 1. The van der Waals surface area contributed by atoms with E-state index >= 15 is 0 Å². The molecule has 0 aliphatic heterocycles. The van der Waals surface area contributed by atoms with E-state index in [1.54, 1.807) is 11.8 Å². The minimum Gasteiger partial charge on any atom is -0.480 e. The van der Waals surface area contributed by atoms with Crippen molar-refractivity contribution in [3.8, 4) is 0 Å². The van der Waals surface area contributed by atoms with Crippen LogP contribution in [0.1, 0.15) is 32.1 Å². The Kier molecular flexibility index (Phi) is 7.23. The molecule has 110 valence electrons. The number of carbonyl (C=O) groups is 2. The van der Waals surface area contributed by atoms with Crippen molar-refractivity contribution < 1.29 is 14.7 Å². The number of hydrogen-bond donors (Lipinski definition) is 3. The third-order valence-electron chi connectivity index (χ3n) is 3.77. The first kappa shape index (κ1) is 16.3. The van der Waals surface area contributed by atoms with Crippen molar-refractivity contribution in [2.75, 3.05) is 18.6 Å². The lowest BCUT2D eigenvalue weighted by atomic mass is 9.78. The lowest BCUT2D eigenvalue weighted by Gasteiger charge is -2.30. The topological polar surface area (TPSA) is 92.4 Å². The van der Waals surface area contributed by atoms with Gasteiger partial charge < -0.3 is 16.2 Å². The van der Waals surface area contributed by atoms with Crippen LogP contribution in [0.2, 0.25) is 0 Å². The number of hydrogen-bond acceptors (Lipinski definition) is 4. The highest BCUT2D eigenvalue weighted by atomic mass is 32.2. The summed E-state index contributed by atoms with van der Waals surface area (Å²) in [7, 11) is 0. The van der Waals surface area contributed by atoms with Gasteiger partial charge in [0, 0.05) is 5.92 Å². The molecule has 0 aromatic carbocycles. The molecule has 1 rings (SSSR count). The van der Waals surface area contributed by atoms with Crippen LogP contribution in [0.4, 0.5) is 0 Å². The molecule has 0 radical (unpaired) electrons. The van der Waals surface area contributed by atoms with E-state index < -0.39 is 12.0 Å². The Morgan fingerprint density at radius 2 is 2.11 bits per heavy atom. The van der Waals surface area contributed by atoms with Crippen LogP contribution in [-0.2, 0) is 9.59 Å². The van der Waals surface area contributed by atoms with Crippen LogP contribution in [0.3, 0.4) is 0 Å². The minimum atomic E-state index is -0.956. The van der Waals surface area contributed by atoms with E-state index in [2.05, 4.69) is 5.32 Å². The van der Waals surface area contributed by atoms with Gasteiger partial charge in [-0.1, -0.05) is 12.8 Å². The molecule has 0 aromatic heterocycles. The van der Waals surface area contributed by atoms with E-state index in [4.69, 9.17) is 10.8 Å². The molecule has 0 heterocycles. The number of rotatable bonds is 7. The fraction of sp³-hybridized carbons (Fsp3) is 0.846. The Labute approximate surface area is 118 Å². The Balaban J connectivity index is 2.56. The lowest BCUT2D eigenvalue weighted by Crippen LogP contribution is -2.47. The number of aliphatic carboxylic acids is 1. The van der Waals surface area contributed by atoms with Gasteiger partial charge in [0.05, 0.1) is 0 Å². The first-order valence-corrected chi connectivity index (χ1v) is 8.21. The molecule has 5 nitrogen and oxygen atoms in total. The van der Waals surface area contributed by atoms with Gasteiger partial charge in [0.1, 0.15) is 6.04 Å². The van der Waals surface area contributed by atoms with Crippen molar-refractivity contribution in [2.45, 2.75) is 38.1 Å². The monoisotopic (exact) mass is 288 g/mol. The van der Waals surface area contributed by atoms with Crippen molar-refractivity contribution in [3.63, 3.8) is 0 Å². The number of nitrogens with one attached hydrogen (secondary N) is 1. The van der Waals surface area contributed by atoms with Gasteiger partial charge in [-0.15, -0.1) is 0 Å². The van der Waals surface area contributed by atoms with E-state index in [9.17, 15) is 9.59 Å². The highest BCUT2D eigenvalue weighted by molar-refractivity contribution is 7.98. The highest BCUT2D eigenvalue weighted by Crippen LogP contribution is 2.29. The summed E-state index contributed by atoms with van der Waals surface area (Å²) in [5, 5.41) is 11.8. The first-order chi connectivity index (χ1) is 9.10. The number of carboxylic acids is 1. The number of carboxylic acid groups (broad SMARTS) is 1. The van der Waals surface area contributed by atoms with Gasteiger partial charge in [-0.3, -0.25) is 4.79 Å². The van der Waals surface area contributed by atoms with Gasteiger partial charge in [0.25, 0.3) is 0 Å². The van der Waals surface area contributed by atoms with Crippen LogP contribution in [-0.4, -0.2) is 41.6 Å². The Bertz CT molecular complexity index is 312. The molecule has 1 aliphatic rings. The Morgan fingerprint density at radius 3 is 2.68 bits per heavy atom. The molecule has 1 amide bonds. The molecule has 3 unspecified atom stereocenters. The molecule has 4 N–H and O–H groups in total. The Morgan fingerprint density at radius 1 is 1.42 bits per heavy atom. The van der Waals surface area contributed by atoms with E-state index in [0.29, 0.717) is 13.0 Å². The molecule has 0 bridgehead atoms. The third-order valence-corrected chi connectivity index (χ3v) is 4.42. The van der Waals surface area contributed by atoms with Crippen LogP contribution in [0.25, 0.3) is 0 Å². The van der Waals surface area contributed by atoms with E-state index in [1.165, 1.54) is 0 Å². The van der Waals surface area contributed by atoms with Crippen LogP contribution in [0, 0.1) is 11.8 Å². The molecule has 0 saturated heterocycles. The van der Waals surface area contributed by atoms with Crippen LogP contribution in [0.15, 0.2) is 0 Å². The Hall–Kier alpha value is -0.750.